The lowest BCUT2D eigenvalue weighted by molar-refractivity contribution is -0.129. The van der Waals surface area contributed by atoms with Gasteiger partial charge in [-0.1, -0.05) is 0 Å². The van der Waals surface area contributed by atoms with Crippen molar-refractivity contribution in [2.24, 2.45) is 0 Å². The first kappa shape index (κ1) is 23.0. The number of aromatic amines is 1. The van der Waals surface area contributed by atoms with E-state index in [9.17, 15) is 17.6 Å². The Morgan fingerprint density at radius 2 is 1.94 bits per heavy atom. The molecular weight excluding hydrogens is 471 g/mol. The van der Waals surface area contributed by atoms with Crippen molar-refractivity contribution in [1.29, 1.82) is 0 Å². The molecule has 180 valence electrons. The molecule has 2 aromatic carbocycles. The molecule has 1 atom stereocenters. The van der Waals surface area contributed by atoms with Crippen LogP contribution in [-0.2, 0) is 14.6 Å². The molecule has 4 aromatic rings. The number of pyridine rings is 1. The van der Waals surface area contributed by atoms with Crippen molar-refractivity contribution < 1.29 is 22.3 Å². The number of fused-ring (bicyclic) bond motifs is 1. The zero-order chi connectivity index (χ0) is 24.7. The van der Waals surface area contributed by atoms with Crippen LogP contribution in [0.3, 0.4) is 0 Å². The third kappa shape index (κ3) is 4.61. The lowest BCUT2D eigenvalue weighted by Crippen LogP contribution is -2.28. The number of nitrogens with one attached hydrogen (secondary N) is 1. The summed E-state index contributed by atoms with van der Waals surface area (Å²) in [5.74, 6) is 1.01. The Morgan fingerprint density at radius 3 is 2.60 bits per heavy atom. The number of H-pyrrole nitrogens is 1. The van der Waals surface area contributed by atoms with Crippen LogP contribution in [0.2, 0.25) is 0 Å². The summed E-state index contributed by atoms with van der Waals surface area (Å²) in [6.45, 7) is 2.21. The molecule has 1 amide bonds. The second-order valence-corrected chi connectivity index (χ2v) is 10.6. The fourth-order valence-electron chi connectivity index (χ4n) is 4.39. The molecule has 8 nitrogen and oxygen atoms in total. The predicted molar refractivity (Wildman–Crippen MR) is 128 cm³/mol. The Morgan fingerprint density at radius 1 is 1.17 bits per heavy atom. The first-order valence-corrected chi connectivity index (χ1v) is 13.0. The van der Waals surface area contributed by atoms with E-state index in [1.54, 1.807) is 31.2 Å². The average molecular weight is 495 g/mol. The van der Waals surface area contributed by atoms with Crippen LogP contribution < -0.4 is 4.74 Å². The van der Waals surface area contributed by atoms with Gasteiger partial charge in [-0.3, -0.25) is 4.79 Å². The van der Waals surface area contributed by atoms with Gasteiger partial charge in [0, 0.05) is 31.4 Å². The summed E-state index contributed by atoms with van der Waals surface area (Å²) in [5.41, 5.74) is 2.66. The molecule has 10 heteroatoms. The van der Waals surface area contributed by atoms with Crippen LogP contribution >= 0.6 is 0 Å². The van der Waals surface area contributed by atoms with Gasteiger partial charge < -0.3 is 14.6 Å². The van der Waals surface area contributed by atoms with Crippen molar-refractivity contribution >= 4 is 26.8 Å². The van der Waals surface area contributed by atoms with Crippen molar-refractivity contribution in [2.75, 3.05) is 12.8 Å². The number of carbonyl (C=O) groups is 1. The van der Waals surface area contributed by atoms with E-state index in [0.29, 0.717) is 35.1 Å². The number of carbonyl (C=O) groups excluding carboxylic acids is 1. The van der Waals surface area contributed by atoms with Gasteiger partial charge >= 0.3 is 0 Å². The summed E-state index contributed by atoms with van der Waals surface area (Å²) in [4.78, 5) is 26.2. The lowest BCUT2D eigenvalue weighted by atomic mass is 10.0. The highest BCUT2D eigenvalue weighted by molar-refractivity contribution is 7.90. The van der Waals surface area contributed by atoms with Gasteiger partial charge in [0.25, 0.3) is 0 Å². The second kappa shape index (κ2) is 8.77. The van der Waals surface area contributed by atoms with E-state index in [1.807, 2.05) is 11.0 Å². The molecule has 0 bridgehead atoms. The second-order valence-electron chi connectivity index (χ2n) is 8.57. The van der Waals surface area contributed by atoms with E-state index in [1.165, 1.54) is 18.2 Å². The molecule has 3 heterocycles. The van der Waals surface area contributed by atoms with Crippen LogP contribution in [0.15, 0.2) is 59.6 Å². The number of rotatable bonds is 5. The number of imidazole rings is 1. The van der Waals surface area contributed by atoms with E-state index >= 15 is 0 Å². The predicted octanol–water partition coefficient (Wildman–Crippen LogP) is 4.64. The summed E-state index contributed by atoms with van der Waals surface area (Å²) in [7, 11) is -3.33. The summed E-state index contributed by atoms with van der Waals surface area (Å²) < 4.78 is 43.1. The number of benzene rings is 2. The van der Waals surface area contributed by atoms with Crippen LogP contribution in [0.4, 0.5) is 4.39 Å². The van der Waals surface area contributed by atoms with E-state index < -0.39 is 15.7 Å². The zero-order valence-corrected chi connectivity index (χ0v) is 20.0. The van der Waals surface area contributed by atoms with Gasteiger partial charge in [-0.2, -0.15) is 0 Å². The van der Waals surface area contributed by atoms with Crippen LogP contribution in [0.25, 0.3) is 22.6 Å². The van der Waals surface area contributed by atoms with Gasteiger partial charge in [0.1, 0.15) is 23.0 Å². The first-order valence-electron chi connectivity index (χ1n) is 11.1. The Hall–Kier alpha value is -3.79. The topological polar surface area (TPSA) is 105 Å². The standard InChI is InChI=1S/C25H23FN4O4S/c1-15(31)30-11-3-4-23(30)19-12-21-22(29-25(28-21)20-10-5-16(26)14-27-20)13-24(19)34-17-6-8-18(9-7-17)35(2,32)33/h5-10,12-14,23H,3-4,11H2,1-2H3,(H,28,29). The van der Waals surface area contributed by atoms with Crippen LogP contribution in [0.5, 0.6) is 11.5 Å². The number of ether oxygens (including phenoxy) is 1. The molecule has 1 N–H and O–H groups in total. The van der Waals surface area contributed by atoms with Gasteiger partial charge in [-0.05, 0) is 55.3 Å². The maximum absolute atomic E-state index is 13.3. The molecule has 1 fully saturated rings. The SMILES string of the molecule is CC(=O)N1CCCC1c1cc2[nH]c(-c3ccc(F)cn3)nc2cc1Oc1ccc(S(C)(=O)=O)cc1. The van der Waals surface area contributed by atoms with E-state index in [4.69, 9.17) is 4.74 Å². The monoisotopic (exact) mass is 494 g/mol. The van der Waals surface area contributed by atoms with E-state index in [2.05, 4.69) is 15.0 Å². The zero-order valence-electron chi connectivity index (χ0n) is 19.2. The number of hydrogen-bond donors (Lipinski definition) is 1. The van der Waals surface area contributed by atoms with Crippen molar-refractivity contribution in [3.05, 3.63) is 66.1 Å². The third-order valence-corrected chi connectivity index (χ3v) is 7.21. The third-order valence-electron chi connectivity index (χ3n) is 6.08. The molecule has 1 unspecified atom stereocenters. The number of likely N-dealkylation sites (tertiary alicyclic amines) is 1. The van der Waals surface area contributed by atoms with Gasteiger partial charge in [-0.15, -0.1) is 0 Å². The highest BCUT2D eigenvalue weighted by Gasteiger charge is 2.31. The maximum Gasteiger partial charge on any atom is 0.219 e. The molecule has 0 saturated carbocycles. The van der Waals surface area contributed by atoms with Crippen molar-refractivity contribution in [3.63, 3.8) is 0 Å². The fourth-order valence-corrected chi connectivity index (χ4v) is 5.02. The summed E-state index contributed by atoms with van der Waals surface area (Å²) in [6, 6.07) is 12.6. The molecular formula is C25H23FN4O4S. The Kier molecular flexibility index (Phi) is 5.76. The molecule has 0 radical (unpaired) electrons. The number of sulfone groups is 1. The Bertz CT molecular complexity index is 1520. The summed E-state index contributed by atoms with van der Waals surface area (Å²) in [6.07, 6.45) is 3.94. The van der Waals surface area contributed by atoms with Crippen molar-refractivity contribution in [1.82, 2.24) is 19.9 Å². The van der Waals surface area contributed by atoms with Crippen LogP contribution in [0.1, 0.15) is 31.4 Å². The molecule has 0 aliphatic carbocycles. The van der Waals surface area contributed by atoms with Crippen LogP contribution in [-0.4, -0.2) is 47.0 Å². The highest BCUT2D eigenvalue weighted by Crippen LogP contribution is 2.41. The number of hydrogen-bond acceptors (Lipinski definition) is 6. The number of nitrogens with zero attached hydrogens (tertiary/aromatic N) is 3. The van der Waals surface area contributed by atoms with Crippen molar-refractivity contribution in [2.45, 2.75) is 30.7 Å². The fraction of sp³-hybridized carbons (Fsp3) is 0.240. The minimum Gasteiger partial charge on any atom is -0.457 e. The van der Waals surface area contributed by atoms with E-state index in [-0.39, 0.29) is 16.8 Å². The Labute approximate surface area is 201 Å². The molecule has 0 spiro atoms. The minimum absolute atomic E-state index is 0.0168. The summed E-state index contributed by atoms with van der Waals surface area (Å²) in [5, 5.41) is 0. The number of amides is 1. The normalized spacial score (nSPS) is 16.1. The van der Waals surface area contributed by atoms with Crippen molar-refractivity contribution in [3.8, 4) is 23.0 Å². The lowest BCUT2D eigenvalue weighted by Gasteiger charge is -2.25. The summed E-state index contributed by atoms with van der Waals surface area (Å²) >= 11 is 0. The maximum atomic E-state index is 13.3. The quantitative estimate of drug-likeness (QED) is 0.433. The molecule has 1 saturated heterocycles. The van der Waals surface area contributed by atoms with Gasteiger partial charge in [0.15, 0.2) is 15.7 Å². The smallest absolute Gasteiger partial charge is 0.219 e. The largest absolute Gasteiger partial charge is 0.457 e. The first-order chi connectivity index (χ1) is 16.7. The number of halogens is 1. The molecule has 1 aliphatic heterocycles. The number of aromatic nitrogens is 3. The average Bonchev–Trinajstić information content (AvgIpc) is 3.46. The molecule has 35 heavy (non-hydrogen) atoms. The molecule has 2 aromatic heterocycles. The molecule has 1 aliphatic rings. The minimum atomic E-state index is -3.33. The van der Waals surface area contributed by atoms with Gasteiger partial charge in [-0.25, -0.2) is 22.8 Å². The van der Waals surface area contributed by atoms with Gasteiger partial charge in [0.2, 0.25) is 5.91 Å². The van der Waals surface area contributed by atoms with Crippen LogP contribution in [0, 0.1) is 5.82 Å². The highest BCUT2D eigenvalue weighted by atomic mass is 32.2. The molecule has 5 rings (SSSR count). The Balaban J connectivity index is 1.59. The van der Waals surface area contributed by atoms with Gasteiger partial charge in [0.05, 0.1) is 28.2 Å². The van der Waals surface area contributed by atoms with E-state index in [0.717, 1.165) is 36.4 Å².